The van der Waals surface area contributed by atoms with E-state index in [1.165, 1.54) is 6.42 Å². The zero-order chi connectivity index (χ0) is 13.5. The van der Waals surface area contributed by atoms with Gasteiger partial charge in [0.25, 0.3) is 0 Å². The number of nitrogens with one attached hydrogen (secondary N) is 1. The molecule has 0 spiro atoms. The maximum atomic E-state index is 11.4. The van der Waals surface area contributed by atoms with Gasteiger partial charge < -0.3 is 15.2 Å². The Morgan fingerprint density at radius 3 is 2.74 bits per heavy atom. The van der Waals surface area contributed by atoms with Crippen LogP contribution in [-0.2, 0) is 11.3 Å². The van der Waals surface area contributed by atoms with Gasteiger partial charge in [-0.15, -0.1) is 0 Å². The Morgan fingerprint density at radius 1 is 1.37 bits per heavy atom. The van der Waals surface area contributed by atoms with Crippen molar-refractivity contribution in [2.75, 3.05) is 6.54 Å². The van der Waals surface area contributed by atoms with Crippen LogP contribution >= 0.6 is 0 Å². The summed E-state index contributed by atoms with van der Waals surface area (Å²) in [7, 11) is 0. The number of aliphatic hydroxyl groups excluding tert-OH is 1. The molecule has 0 aliphatic heterocycles. The van der Waals surface area contributed by atoms with Crippen LogP contribution in [-0.4, -0.2) is 23.8 Å². The van der Waals surface area contributed by atoms with E-state index < -0.39 is 6.09 Å². The molecule has 1 aliphatic carbocycles. The van der Waals surface area contributed by atoms with Gasteiger partial charge in [0.2, 0.25) is 0 Å². The third kappa shape index (κ3) is 4.56. The molecule has 0 bridgehead atoms. The van der Waals surface area contributed by atoms with Crippen molar-refractivity contribution >= 4 is 6.09 Å². The van der Waals surface area contributed by atoms with Crippen molar-refractivity contribution < 1.29 is 14.6 Å². The summed E-state index contributed by atoms with van der Waals surface area (Å²) in [5, 5.41) is 12.5. The van der Waals surface area contributed by atoms with Crippen molar-refractivity contribution in [2.45, 2.75) is 38.4 Å². The second-order valence-electron chi connectivity index (χ2n) is 5.04. The van der Waals surface area contributed by atoms with Crippen molar-refractivity contribution in [1.82, 2.24) is 5.32 Å². The molecule has 0 radical (unpaired) electrons. The van der Waals surface area contributed by atoms with Crippen LogP contribution in [0.2, 0.25) is 0 Å². The summed E-state index contributed by atoms with van der Waals surface area (Å²) < 4.78 is 5.08. The zero-order valence-corrected chi connectivity index (χ0v) is 11.0. The van der Waals surface area contributed by atoms with Crippen LogP contribution in [0.25, 0.3) is 0 Å². The second kappa shape index (κ2) is 7.14. The van der Waals surface area contributed by atoms with Gasteiger partial charge in [0.15, 0.2) is 0 Å². The first-order chi connectivity index (χ1) is 9.25. The SMILES string of the molecule is O=C(NCC[C@H](O)C1CCC1)OCc1ccccc1. The van der Waals surface area contributed by atoms with Crippen LogP contribution in [0.15, 0.2) is 30.3 Å². The highest BCUT2D eigenvalue weighted by molar-refractivity contribution is 5.67. The number of aliphatic hydroxyl groups is 1. The Labute approximate surface area is 113 Å². The van der Waals surface area contributed by atoms with Gasteiger partial charge in [0, 0.05) is 6.54 Å². The summed E-state index contributed by atoms with van der Waals surface area (Å²) in [4.78, 5) is 11.4. The summed E-state index contributed by atoms with van der Waals surface area (Å²) in [6.07, 6.45) is 3.33. The molecule has 4 nitrogen and oxygen atoms in total. The van der Waals surface area contributed by atoms with Crippen LogP contribution in [0, 0.1) is 5.92 Å². The molecule has 4 heteroatoms. The highest BCUT2D eigenvalue weighted by Gasteiger charge is 2.25. The van der Waals surface area contributed by atoms with Crippen LogP contribution < -0.4 is 5.32 Å². The number of carbonyl (C=O) groups excluding carboxylic acids is 1. The maximum Gasteiger partial charge on any atom is 0.407 e. The third-order valence-electron chi connectivity index (χ3n) is 3.62. The molecular formula is C15H21NO3. The monoisotopic (exact) mass is 263 g/mol. The highest BCUT2D eigenvalue weighted by Crippen LogP contribution is 2.30. The molecule has 1 aliphatic rings. The van der Waals surface area contributed by atoms with Gasteiger partial charge in [-0.3, -0.25) is 0 Å². The van der Waals surface area contributed by atoms with E-state index in [9.17, 15) is 9.90 Å². The van der Waals surface area contributed by atoms with E-state index in [0.29, 0.717) is 18.9 Å². The van der Waals surface area contributed by atoms with Gasteiger partial charge in [-0.05, 0) is 30.7 Å². The molecular weight excluding hydrogens is 242 g/mol. The minimum atomic E-state index is -0.426. The van der Waals surface area contributed by atoms with Gasteiger partial charge in [-0.25, -0.2) is 4.79 Å². The van der Waals surface area contributed by atoms with Crippen LogP contribution in [0.1, 0.15) is 31.2 Å². The van der Waals surface area contributed by atoms with Gasteiger partial charge in [0.1, 0.15) is 6.61 Å². The summed E-state index contributed by atoms with van der Waals surface area (Å²) in [5.74, 6) is 0.433. The van der Waals surface area contributed by atoms with E-state index in [-0.39, 0.29) is 12.7 Å². The molecule has 2 rings (SSSR count). The van der Waals surface area contributed by atoms with E-state index in [0.717, 1.165) is 18.4 Å². The first kappa shape index (κ1) is 13.9. The lowest BCUT2D eigenvalue weighted by atomic mass is 9.80. The number of benzene rings is 1. The van der Waals surface area contributed by atoms with E-state index in [4.69, 9.17) is 4.74 Å². The molecule has 1 aromatic carbocycles. The van der Waals surface area contributed by atoms with E-state index in [2.05, 4.69) is 5.32 Å². The number of rotatable bonds is 6. The minimum absolute atomic E-state index is 0.276. The molecule has 1 amide bonds. The Morgan fingerprint density at radius 2 is 2.11 bits per heavy atom. The number of alkyl carbamates (subject to hydrolysis) is 1. The number of carbonyl (C=O) groups is 1. The third-order valence-corrected chi connectivity index (χ3v) is 3.62. The number of hydrogen-bond acceptors (Lipinski definition) is 3. The second-order valence-corrected chi connectivity index (χ2v) is 5.04. The topological polar surface area (TPSA) is 58.6 Å². The molecule has 19 heavy (non-hydrogen) atoms. The Balaban J connectivity index is 1.57. The Bertz CT molecular complexity index is 390. The van der Waals surface area contributed by atoms with E-state index in [1.807, 2.05) is 30.3 Å². The molecule has 1 aromatic rings. The normalized spacial score (nSPS) is 16.5. The van der Waals surface area contributed by atoms with E-state index in [1.54, 1.807) is 0 Å². The fraction of sp³-hybridized carbons (Fsp3) is 0.533. The van der Waals surface area contributed by atoms with E-state index >= 15 is 0 Å². The first-order valence-electron chi connectivity index (χ1n) is 6.88. The summed E-state index contributed by atoms with van der Waals surface area (Å²) in [6.45, 7) is 0.739. The summed E-state index contributed by atoms with van der Waals surface area (Å²) in [6, 6.07) is 9.56. The highest BCUT2D eigenvalue weighted by atomic mass is 16.5. The average Bonchev–Trinajstić information content (AvgIpc) is 2.35. The number of hydrogen-bond donors (Lipinski definition) is 2. The summed E-state index contributed by atoms with van der Waals surface area (Å²) in [5.41, 5.74) is 0.965. The first-order valence-corrected chi connectivity index (χ1v) is 6.88. The molecule has 0 heterocycles. The lowest BCUT2D eigenvalue weighted by molar-refractivity contribution is 0.0553. The van der Waals surface area contributed by atoms with Crippen molar-refractivity contribution in [2.24, 2.45) is 5.92 Å². The lowest BCUT2D eigenvalue weighted by Gasteiger charge is -2.30. The largest absolute Gasteiger partial charge is 0.445 e. The lowest BCUT2D eigenvalue weighted by Crippen LogP contribution is -2.32. The smallest absolute Gasteiger partial charge is 0.407 e. The van der Waals surface area contributed by atoms with Crippen LogP contribution in [0.4, 0.5) is 4.79 Å². The molecule has 104 valence electrons. The maximum absolute atomic E-state index is 11.4. The molecule has 1 saturated carbocycles. The fourth-order valence-electron chi connectivity index (χ4n) is 2.16. The summed E-state index contributed by atoms with van der Waals surface area (Å²) >= 11 is 0. The minimum Gasteiger partial charge on any atom is -0.445 e. The van der Waals surface area contributed by atoms with Crippen LogP contribution in [0.3, 0.4) is 0 Å². The predicted molar refractivity (Wildman–Crippen MR) is 72.6 cm³/mol. The molecule has 0 unspecified atom stereocenters. The van der Waals surface area contributed by atoms with Crippen molar-refractivity contribution in [1.29, 1.82) is 0 Å². The number of ether oxygens (including phenoxy) is 1. The molecule has 1 fully saturated rings. The molecule has 0 saturated heterocycles. The van der Waals surface area contributed by atoms with Gasteiger partial charge in [-0.2, -0.15) is 0 Å². The number of amides is 1. The average molecular weight is 263 g/mol. The zero-order valence-electron chi connectivity index (χ0n) is 11.0. The van der Waals surface area contributed by atoms with Gasteiger partial charge in [-0.1, -0.05) is 36.8 Å². The predicted octanol–water partition coefficient (Wildman–Crippen LogP) is 2.46. The van der Waals surface area contributed by atoms with Crippen molar-refractivity contribution in [3.8, 4) is 0 Å². The Hall–Kier alpha value is -1.55. The van der Waals surface area contributed by atoms with Crippen LogP contribution in [0.5, 0.6) is 0 Å². The van der Waals surface area contributed by atoms with Gasteiger partial charge in [0.05, 0.1) is 6.10 Å². The standard InChI is InChI=1S/C15H21NO3/c17-14(13-7-4-8-13)9-10-16-15(18)19-11-12-5-2-1-3-6-12/h1-3,5-6,13-14,17H,4,7-11H2,(H,16,18)/t14-/m0/s1. The Kier molecular flexibility index (Phi) is 5.21. The molecule has 0 aromatic heterocycles. The fourth-order valence-corrected chi connectivity index (χ4v) is 2.16. The van der Waals surface area contributed by atoms with Crippen molar-refractivity contribution in [3.63, 3.8) is 0 Å². The van der Waals surface area contributed by atoms with Crippen molar-refractivity contribution in [3.05, 3.63) is 35.9 Å². The quantitative estimate of drug-likeness (QED) is 0.829. The van der Waals surface area contributed by atoms with Gasteiger partial charge >= 0.3 is 6.09 Å². The molecule has 2 N–H and O–H groups in total. The molecule has 1 atom stereocenters.